The van der Waals surface area contributed by atoms with Crippen LogP contribution in [0.25, 0.3) is 10.4 Å². The molecule has 6 amide bonds. The SMILES string of the molecule is Cc1ncsc1-c1ccc(CNC(=O)[C@@H]2C[C@@H](O)CN2C(=O)C(NC(=O)NCCCc2ccc(COC(C)C(CCC(N)=O)NC(=O)OC(C)(C)C)cc2)C(C)(C)C)cc1. The number of aryl methyl sites for hydroxylation is 2. The molecule has 1 aliphatic heterocycles. The zero-order valence-corrected chi connectivity index (χ0v) is 36.9. The summed E-state index contributed by atoms with van der Waals surface area (Å²) in [5, 5.41) is 22.0. The summed E-state index contributed by atoms with van der Waals surface area (Å²) in [6, 6.07) is 12.9. The van der Waals surface area contributed by atoms with E-state index in [4.69, 9.17) is 15.2 Å². The number of aliphatic hydroxyl groups excluding tert-OH is 1. The second kappa shape index (κ2) is 21.5. The number of alkyl carbamates (subject to hydrolysis) is 1. The van der Waals surface area contributed by atoms with Crippen LogP contribution in [-0.2, 0) is 43.4 Å². The number of rotatable bonds is 18. The van der Waals surface area contributed by atoms with Crippen molar-refractivity contribution in [3.8, 4) is 10.4 Å². The minimum atomic E-state index is -0.954. The van der Waals surface area contributed by atoms with Gasteiger partial charge in [-0.05, 0) is 81.5 Å². The van der Waals surface area contributed by atoms with Crippen LogP contribution in [0.2, 0.25) is 0 Å². The number of amides is 6. The number of hydrogen-bond donors (Lipinski definition) is 6. The number of carbonyl (C=O) groups excluding carboxylic acids is 5. The van der Waals surface area contributed by atoms with Crippen LogP contribution in [0.3, 0.4) is 0 Å². The molecular formula is C44H63N7O8S. The maximum absolute atomic E-state index is 14.0. The smallest absolute Gasteiger partial charge is 0.407 e. The second-order valence-electron chi connectivity index (χ2n) is 17.5. The maximum Gasteiger partial charge on any atom is 0.407 e. The van der Waals surface area contributed by atoms with Gasteiger partial charge in [0.15, 0.2) is 0 Å². The fourth-order valence-corrected chi connectivity index (χ4v) is 7.60. The lowest BCUT2D eigenvalue weighted by Crippen LogP contribution is -2.59. The van der Waals surface area contributed by atoms with Crippen LogP contribution in [0, 0.1) is 12.3 Å². The average molecular weight is 850 g/mol. The van der Waals surface area contributed by atoms with E-state index in [1.54, 1.807) is 32.1 Å². The van der Waals surface area contributed by atoms with E-state index in [2.05, 4.69) is 26.3 Å². The van der Waals surface area contributed by atoms with Crippen molar-refractivity contribution in [1.29, 1.82) is 0 Å². The Morgan fingerprint density at radius 3 is 2.20 bits per heavy atom. The van der Waals surface area contributed by atoms with Crippen molar-refractivity contribution >= 4 is 41.2 Å². The maximum atomic E-state index is 14.0. The number of nitrogens with zero attached hydrogens (tertiary/aromatic N) is 2. The minimum absolute atomic E-state index is 0.0115. The lowest BCUT2D eigenvalue weighted by atomic mass is 9.85. The normalized spacial score (nSPS) is 17.0. The Hall–Kier alpha value is -5.06. The number of aromatic nitrogens is 1. The Kier molecular flexibility index (Phi) is 17.0. The summed E-state index contributed by atoms with van der Waals surface area (Å²) in [5.74, 6) is -1.27. The van der Waals surface area contributed by atoms with Crippen molar-refractivity contribution in [2.45, 2.75) is 137 Å². The second-order valence-corrected chi connectivity index (χ2v) is 18.3. The first-order valence-corrected chi connectivity index (χ1v) is 21.4. The predicted molar refractivity (Wildman–Crippen MR) is 231 cm³/mol. The summed E-state index contributed by atoms with van der Waals surface area (Å²) in [6.45, 7) is 15.5. The monoisotopic (exact) mass is 849 g/mol. The van der Waals surface area contributed by atoms with E-state index >= 15 is 0 Å². The van der Waals surface area contributed by atoms with E-state index in [0.717, 1.165) is 32.8 Å². The predicted octanol–water partition coefficient (Wildman–Crippen LogP) is 5.11. The molecule has 0 aliphatic carbocycles. The summed E-state index contributed by atoms with van der Waals surface area (Å²) < 4.78 is 11.4. The molecule has 1 saturated heterocycles. The van der Waals surface area contributed by atoms with Crippen molar-refractivity contribution in [3.05, 3.63) is 76.4 Å². The van der Waals surface area contributed by atoms with Crippen LogP contribution in [0.4, 0.5) is 9.59 Å². The number of β-amino-alcohol motifs (C(OH)–C–C–N with tert-alkyl or cyclic N) is 1. The zero-order valence-electron chi connectivity index (χ0n) is 36.1. The average Bonchev–Trinajstić information content (AvgIpc) is 3.79. The number of urea groups is 1. The third-order valence-electron chi connectivity index (χ3n) is 10.1. The molecule has 15 nitrogen and oxygen atoms in total. The van der Waals surface area contributed by atoms with Gasteiger partial charge in [-0.25, -0.2) is 14.6 Å². The number of carbonyl (C=O) groups is 5. The molecule has 3 aromatic rings. The van der Waals surface area contributed by atoms with Crippen LogP contribution in [0.15, 0.2) is 54.0 Å². The summed E-state index contributed by atoms with van der Waals surface area (Å²) in [6.07, 6.45) is -0.0684. The molecule has 0 saturated carbocycles. The van der Waals surface area contributed by atoms with Crippen LogP contribution in [-0.4, -0.2) is 93.9 Å². The minimum Gasteiger partial charge on any atom is -0.444 e. The van der Waals surface area contributed by atoms with E-state index in [-0.39, 0.29) is 38.4 Å². The molecule has 1 aliphatic rings. The highest BCUT2D eigenvalue weighted by Crippen LogP contribution is 2.28. The van der Waals surface area contributed by atoms with Gasteiger partial charge in [-0.1, -0.05) is 69.3 Å². The van der Waals surface area contributed by atoms with Gasteiger partial charge in [0.05, 0.1) is 40.9 Å². The number of primary amides is 1. The number of thiazole rings is 1. The molecule has 2 heterocycles. The van der Waals surface area contributed by atoms with Crippen molar-refractivity contribution in [1.82, 2.24) is 31.2 Å². The number of benzene rings is 2. The molecule has 0 bridgehead atoms. The lowest BCUT2D eigenvalue weighted by molar-refractivity contribution is -0.142. The van der Waals surface area contributed by atoms with Gasteiger partial charge < -0.3 is 46.5 Å². The third-order valence-corrected chi connectivity index (χ3v) is 11.1. The number of hydrogen-bond acceptors (Lipinski definition) is 10. The summed E-state index contributed by atoms with van der Waals surface area (Å²) in [7, 11) is 0. The summed E-state index contributed by atoms with van der Waals surface area (Å²) in [4.78, 5) is 71.1. The highest BCUT2D eigenvalue weighted by atomic mass is 32.1. The Bertz CT molecular complexity index is 1910. The molecule has 328 valence electrons. The van der Waals surface area contributed by atoms with Gasteiger partial charge in [0.2, 0.25) is 17.7 Å². The molecule has 0 spiro atoms. The van der Waals surface area contributed by atoms with Crippen molar-refractivity contribution < 1.29 is 38.6 Å². The van der Waals surface area contributed by atoms with E-state index in [1.807, 2.05) is 88.7 Å². The molecule has 5 atom stereocenters. The zero-order chi connectivity index (χ0) is 44.2. The molecular weight excluding hydrogens is 787 g/mol. The fourth-order valence-electron chi connectivity index (χ4n) is 6.78. The fraction of sp³-hybridized carbons (Fsp3) is 0.545. The van der Waals surface area contributed by atoms with E-state index in [9.17, 15) is 29.1 Å². The highest BCUT2D eigenvalue weighted by Gasteiger charge is 2.44. The number of nitrogens with two attached hydrogens (primary N) is 1. The summed E-state index contributed by atoms with van der Waals surface area (Å²) in [5.41, 5.74) is 10.7. The molecule has 4 rings (SSSR count). The number of aliphatic hydroxyl groups is 1. The topological polar surface area (TPSA) is 214 Å². The first-order chi connectivity index (χ1) is 28.2. The first-order valence-electron chi connectivity index (χ1n) is 20.5. The Morgan fingerprint density at radius 1 is 0.950 bits per heavy atom. The Labute approximate surface area is 357 Å². The van der Waals surface area contributed by atoms with Crippen molar-refractivity contribution in [2.75, 3.05) is 13.1 Å². The van der Waals surface area contributed by atoms with E-state index in [1.165, 1.54) is 4.90 Å². The Morgan fingerprint density at radius 2 is 1.60 bits per heavy atom. The van der Waals surface area contributed by atoms with Crippen molar-refractivity contribution in [2.24, 2.45) is 11.1 Å². The Balaban J connectivity index is 1.23. The number of likely N-dealkylation sites (tertiary alicyclic amines) is 1. The summed E-state index contributed by atoms with van der Waals surface area (Å²) >= 11 is 1.57. The van der Waals surface area contributed by atoms with E-state index in [0.29, 0.717) is 25.8 Å². The molecule has 3 unspecified atom stereocenters. The quantitative estimate of drug-likeness (QED) is 0.0938. The number of nitrogens with one attached hydrogen (secondary N) is 4. The lowest BCUT2D eigenvalue weighted by Gasteiger charge is -2.35. The van der Waals surface area contributed by atoms with Gasteiger partial charge in [-0.3, -0.25) is 14.4 Å². The van der Waals surface area contributed by atoms with Crippen LogP contribution >= 0.6 is 11.3 Å². The van der Waals surface area contributed by atoms with Gasteiger partial charge in [-0.2, -0.15) is 0 Å². The molecule has 60 heavy (non-hydrogen) atoms. The number of ether oxygens (including phenoxy) is 2. The first kappa shape index (κ1) is 47.6. The molecule has 1 aromatic heterocycles. The molecule has 2 aromatic carbocycles. The van der Waals surface area contributed by atoms with E-state index < -0.39 is 65.3 Å². The van der Waals surface area contributed by atoms with Gasteiger partial charge in [0, 0.05) is 32.5 Å². The van der Waals surface area contributed by atoms with Gasteiger partial charge in [0.25, 0.3) is 0 Å². The van der Waals surface area contributed by atoms with Gasteiger partial charge in [0.1, 0.15) is 17.7 Å². The largest absolute Gasteiger partial charge is 0.444 e. The van der Waals surface area contributed by atoms with Gasteiger partial charge in [-0.15, -0.1) is 11.3 Å². The molecule has 1 fully saturated rings. The molecule has 7 N–H and O–H groups in total. The van der Waals surface area contributed by atoms with Crippen LogP contribution in [0.5, 0.6) is 0 Å². The molecule has 16 heteroatoms. The van der Waals surface area contributed by atoms with Gasteiger partial charge >= 0.3 is 12.1 Å². The standard InChI is InChI=1S/C44H63N7O8S/c1-27-37(60-26-48-27)32-17-15-30(16-18-32)23-47-39(54)35-22-33(52)24-51(35)40(55)38(43(3,4)5)50-41(56)46-21-9-10-29-11-13-31(14-12-29)25-58-28(2)34(19-20-36(45)53)49-42(57)59-44(6,7)8/h11-18,26,28,33-35,38,52H,9-10,19-25H2,1-8H3,(H2,45,53)(H,47,54)(H,49,57)(H2,46,50,56)/t28?,33-,34?,35+,38?/m1/s1. The van der Waals surface area contributed by atoms with Crippen molar-refractivity contribution in [3.63, 3.8) is 0 Å². The van der Waals surface area contributed by atoms with Crippen LogP contribution in [0.1, 0.15) is 96.5 Å². The highest BCUT2D eigenvalue weighted by molar-refractivity contribution is 7.13. The third kappa shape index (κ3) is 14.9. The van der Waals surface area contributed by atoms with Crippen LogP contribution < -0.4 is 27.0 Å². The molecule has 0 radical (unpaired) electrons.